The van der Waals surface area contributed by atoms with Crippen molar-refractivity contribution in [3.63, 3.8) is 0 Å². The summed E-state index contributed by atoms with van der Waals surface area (Å²) in [5.74, 6) is 3.51. The Balaban J connectivity index is 1.38. The Kier molecular flexibility index (Phi) is 6.64. The highest BCUT2D eigenvalue weighted by Gasteiger charge is 2.46. The molecule has 2 aliphatic carbocycles. The fourth-order valence-electron chi connectivity index (χ4n) is 7.23. The molecule has 5 unspecified atom stereocenters. The van der Waals surface area contributed by atoms with Crippen LogP contribution in [0.25, 0.3) is 5.52 Å². The standard InChI is InChI=1S/C25H35F3N6OS/c1-32-14-29-31-23(32)22(15-4-2-5-15)17-8-16(18-11-30-36-13-18)9-19(10-17)34-12-21-20(25(26,27)28)6-3-7-33(21)24(34)35/h3,6-7,12,15-19,22-23,29-31H,2,4-5,8-11,13-14H2,1H3/t16?,17?,18?,19?,22-,23?/m0/s1. The van der Waals surface area contributed by atoms with Crippen LogP contribution in [0.15, 0.2) is 29.3 Å². The summed E-state index contributed by atoms with van der Waals surface area (Å²) in [7, 11) is 2.14. The number of hydrogen-bond donors (Lipinski definition) is 3. The summed E-state index contributed by atoms with van der Waals surface area (Å²) in [6.45, 7) is 1.75. The molecule has 6 atom stereocenters. The number of alkyl halides is 3. The number of fused-ring (bicyclic) bond motifs is 1. The van der Waals surface area contributed by atoms with Gasteiger partial charge in [0.15, 0.2) is 0 Å². The molecule has 0 spiro atoms. The first-order valence-electron chi connectivity index (χ1n) is 13.1. The molecule has 0 amide bonds. The van der Waals surface area contributed by atoms with Crippen molar-refractivity contribution in [2.24, 2.45) is 29.6 Å². The molecule has 2 aliphatic heterocycles. The Labute approximate surface area is 213 Å². The number of nitrogens with zero attached hydrogens (tertiary/aromatic N) is 3. The van der Waals surface area contributed by atoms with Crippen molar-refractivity contribution >= 4 is 17.5 Å². The van der Waals surface area contributed by atoms with E-state index in [9.17, 15) is 18.0 Å². The summed E-state index contributed by atoms with van der Waals surface area (Å²) in [6.07, 6.45) is 5.16. The van der Waals surface area contributed by atoms with Gasteiger partial charge in [0, 0.05) is 30.7 Å². The molecular weight excluding hydrogens is 489 g/mol. The fraction of sp³-hybridized carbons (Fsp3) is 0.720. The van der Waals surface area contributed by atoms with Crippen LogP contribution in [0.2, 0.25) is 0 Å². The first kappa shape index (κ1) is 24.8. The third-order valence-electron chi connectivity index (χ3n) is 9.24. The van der Waals surface area contributed by atoms with Gasteiger partial charge in [0.25, 0.3) is 0 Å². The van der Waals surface area contributed by atoms with Gasteiger partial charge in [0.05, 0.1) is 23.9 Å². The quantitative estimate of drug-likeness (QED) is 0.519. The number of halogens is 3. The molecule has 6 rings (SSSR count). The van der Waals surface area contributed by atoms with E-state index in [2.05, 4.69) is 27.5 Å². The number of nitrogens with one attached hydrogen (secondary N) is 3. The highest BCUT2D eigenvalue weighted by Crippen LogP contribution is 2.50. The molecule has 0 radical (unpaired) electrons. The average molecular weight is 525 g/mol. The minimum Gasteiger partial charge on any atom is -0.295 e. The lowest BCUT2D eigenvalue weighted by molar-refractivity contribution is -0.136. The third kappa shape index (κ3) is 4.40. The maximum Gasteiger partial charge on any atom is 0.418 e. The molecule has 4 aliphatic rings. The number of hydrogen-bond acceptors (Lipinski definition) is 6. The topological polar surface area (TPSA) is 65.7 Å². The summed E-state index contributed by atoms with van der Waals surface area (Å²) in [4.78, 5) is 15.8. The number of rotatable bonds is 5. The summed E-state index contributed by atoms with van der Waals surface area (Å²) in [5.41, 5.74) is 5.64. The van der Waals surface area contributed by atoms with Gasteiger partial charge in [-0.15, -0.1) is 0 Å². The minimum atomic E-state index is -4.50. The first-order valence-corrected chi connectivity index (χ1v) is 14.1. The fourth-order valence-corrected chi connectivity index (χ4v) is 8.28. The summed E-state index contributed by atoms with van der Waals surface area (Å²) in [6, 6.07) is 2.28. The monoisotopic (exact) mass is 524 g/mol. The summed E-state index contributed by atoms with van der Waals surface area (Å²) >= 11 is 1.76. The van der Waals surface area contributed by atoms with Crippen LogP contribution in [0.3, 0.4) is 0 Å². The van der Waals surface area contributed by atoms with Gasteiger partial charge in [-0.25, -0.2) is 15.6 Å². The Morgan fingerprint density at radius 3 is 2.61 bits per heavy atom. The maximum absolute atomic E-state index is 13.7. The average Bonchev–Trinajstić information content (AvgIpc) is 3.56. The van der Waals surface area contributed by atoms with Crippen molar-refractivity contribution in [1.29, 1.82) is 0 Å². The van der Waals surface area contributed by atoms with Crippen molar-refractivity contribution in [2.75, 3.05) is 26.0 Å². The van der Waals surface area contributed by atoms with E-state index in [0.29, 0.717) is 29.6 Å². The van der Waals surface area contributed by atoms with Gasteiger partial charge in [-0.3, -0.25) is 18.6 Å². The number of aromatic nitrogens is 2. The normalized spacial score (nSPS) is 33.3. The lowest BCUT2D eigenvalue weighted by atomic mass is 9.62. The Morgan fingerprint density at radius 1 is 1.14 bits per heavy atom. The summed E-state index contributed by atoms with van der Waals surface area (Å²) < 4.78 is 47.4. The molecule has 3 N–H and O–H groups in total. The second-order valence-corrected chi connectivity index (χ2v) is 12.2. The largest absolute Gasteiger partial charge is 0.418 e. The zero-order chi connectivity index (χ0) is 25.0. The molecule has 11 heteroatoms. The SMILES string of the molecule is CN1CNNC1[C@@H](C1CCC1)C1CC(C2CNSC2)CC(n2cc3c(C(F)(F)F)cccn3c2=O)C1. The van der Waals surface area contributed by atoms with E-state index in [4.69, 9.17) is 0 Å². The smallest absolute Gasteiger partial charge is 0.295 e. The van der Waals surface area contributed by atoms with Crippen molar-refractivity contribution in [3.8, 4) is 0 Å². The molecule has 198 valence electrons. The van der Waals surface area contributed by atoms with Gasteiger partial charge in [-0.1, -0.05) is 31.2 Å². The molecule has 7 nitrogen and oxygen atoms in total. The van der Waals surface area contributed by atoms with Crippen LogP contribution < -0.4 is 21.3 Å². The van der Waals surface area contributed by atoms with Gasteiger partial charge in [-0.05, 0) is 68.0 Å². The molecule has 2 aromatic heterocycles. The van der Waals surface area contributed by atoms with Crippen LogP contribution in [0.5, 0.6) is 0 Å². The second-order valence-electron chi connectivity index (χ2n) is 11.2. The van der Waals surface area contributed by atoms with Crippen LogP contribution in [-0.2, 0) is 6.18 Å². The molecule has 0 aromatic carbocycles. The van der Waals surface area contributed by atoms with Gasteiger partial charge >= 0.3 is 11.9 Å². The molecule has 2 saturated heterocycles. The molecule has 0 bridgehead atoms. The van der Waals surface area contributed by atoms with Gasteiger partial charge in [-0.2, -0.15) is 13.2 Å². The van der Waals surface area contributed by atoms with Crippen LogP contribution >= 0.6 is 11.9 Å². The summed E-state index contributed by atoms with van der Waals surface area (Å²) in [5, 5.41) is 0. The molecule has 4 fully saturated rings. The third-order valence-corrected chi connectivity index (χ3v) is 10.2. The van der Waals surface area contributed by atoms with E-state index in [1.165, 1.54) is 42.1 Å². The zero-order valence-electron chi connectivity index (χ0n) is 20.5. The number of pyridine rings is 1. The predicted octanol–water partition coefficient (Wildman–Crippen LogP) is 3.68. The molecule has 4 heterocycles. The lowest BCUT2D eigenvalue weighted by Crippen LogP contribution is -2.51. The Hall–Kier alpha value is -1.53. The Morgan fingerprint density at radius 2 is 1.97 bits per heavy atom. The van der Waals surface area contributed by atoms with Crippen LogP contribution in [-0.4, -0.2) is 46.0 Å². The highest BCUT2D eigenvalue weighted by atomic mass is 32.2. The minimum absolute atomic E-state index is 0.0521. The van der Waals surface area contributed by atoms with Crippen LogP contribution in [0.4, 0.5) is 13.2 Å². The molecule has 36 heavy (non-hydrogen) atoms. The van der Waals surface area contributed by atoms with E-state index in [0.717, 1.165) is 44.3 Å². The molecular formula is C25H35F3N6OS. The van der Waals surface area contributed by atoms with Crippen LogP contribution in [0, 0.1) is 29.6 Å². The lowest BCUT2D eigenvalue weighted by Gasteiger charge is -2.48. The van der Waals surface area contributed by atoms with Crippen molar-refractivity contribution in [1.82, 2.24) is 29.4 Å². The van der Waals surface area contributed by atoms with E-state index in [-0.39, 0.29) is 23.4 Å². The Bertz CT molecular complexity index is 1140. The maximum atomic E-state index is 13.7. The van der Waals surface area contributed by atoms with Gasteiger partial charge < -0.3 is 0 Å². The van der Waals surface area contributed by atoms with E-state index in [1.54, 1.807) is 16.5 Å². The zero-order valence-corrected chi connectivity index (χ0v) is 21.3. The van der Waals surface area contributed by atoms with E-state index in [1.807, 2.05) is 0 Å². The highest BCUT2D eigenvalue weighted by molar-refractivity contribution is 7.97. The number of imidazole rings is 1. The molecule has 2 aromatic rings. The predicted molar refractivity (Wildman–Crippen MR) is 134 cm³/mol. The van der Waals surface area contributed by atoms with E-state index >= 15 is 0 Å². The van der Waals surface area contributed by atoms with Gasteiger partial charge in [0.2, 0.25) is 0 Å². The van der Waals surface area contributed by atoms with Crippen molar-refractivity contribution in [2.45, 2.75) is 56.9 Å². The second kappa shape index (κ2) is 9.65. The number of hydrazine groups is 1. The van der Waals surface area contributed by atoms with Crippen LogP contribution in [0.1, 0.15) is 50.1 Å². The van der Waals surface area contributed by atoms with Crippen molar-refractivity contribution in [3.05, 3.63) is 40.6 Å². The van der Waals surface area contributed by atoms with Gasteiger partial charge in [0.1, 0.15) is 0 Å². The van der Waals surface area contributed by atoms with E-state index < -0.39 is 11.7 Å². The van der Waals surface area contributed by atoms with Crippen molar-refractivity contribution < 1.29 is 13.2 Å². The first-order chi connectivity index (χ1) is 17.3. The molecule has 2 saturated carbocycles.